The monoisotopic (exact) mass is 241 g/mol. The molecule has 0 radical (unpaired) electrons. The van der Waals surface area contributed by atoms with Gasteiger partial charge in [0.05, 0.1) is 12.6 Å². The molecular formula is C9H15N5OS. The van der Waals surface area contributed by atoms with E-state index in [9.17, 15) is 0 Å². The van der Waals surface area contributed by atoms with Gasteiger partial charge < -0.3 is 10.8 Å². The topological polar surface area (TPSA) is 89.3 Å². The molecule has 2 aromatic rings. The highest BCUT2D eigenvalue weighted by molar-refractivity contribution is 7.16. The van der Waals surface area contributed by atoms with Crippen molar-refractivity contribution >= 4 is 16.3 Å². The normalized spacial score (nSPS) is 14.6. The highest BCUT2D eigenvalue weighted by Gasteiger charge is 2.24. The number of nitrogens with zero attached hydrogens (tertiary/aromatic N) is 4. The highest BCUT2D eigenvalue weighted by Crippen LogP contribution is 2.24. The molecule has 0 aliphatic rings. The Bertz CT molecular complexity index is 497. The van der Waals surface area contributed by atoms with E-state index < -0.39 is 6.04 Å². The molecule has 16 heavy (non-hydrogen) atoms. The molecule has 1 atom stereocenters. The zero-order valence-electron chi connectivity index (χ0n) is 9.51. The van der Waals surface area contributed by atoms with E-state index in [0.717, 1.165) is 5.82 Å². The maximum Gasteiger partial charge on any atom is 0.234 e. The minimum absolute atomic E-state index is 0.116. The fourth-order valence-corrected chi connectivity index (χ4v) is 2.16. The van der Waals surface area contributed by atoms with Crippen LogP contribution in [0.4, 0.5) is 0 Å². The second kappa shape index (κ2) is 3.76. The second-order valence-electron chi connectivity index (χ2n) is 4.70. The van der Waals surface area contributed by atoms with Crippen molar-refractivity contribution in [2.45, 2.75) is 32.2 Å². The molecule has 0 spiro atoms. The summed E-state index contributed by atoms with van der Waals surface area (Å²) >= 11 is 1.36. The Balaban J connectivity index is 2.52. The van der Waals surface area contributed by atoms with Crippen molar-refractivity contribution in [3.8, 4) is 0 Å². The maximum absolute atomic E-state index is 8.98. The molecular weight excluding hydrogens is 226 g/mol. The van der Waals surface area contributed by atoms with Crippen molar-refractivity contribution in [3.05, 3.63) is 10.8 Å². The average Bonchev–Trinajstić information content (AvgIpc) is 2.72. The van der Waals surface area contributed by atoms with Crippen LogP contribution in [0.25, 0.3) is 4.96 Å². The molecule has 0 amide bonds. The van der Waals surface area contributed by atoms with Gasteiger partial charge in [-0.1, -0.05) is 32.1 Å². The third-order valence-electron chi connectivity index (χ3n) is 2.19. The fraction of sp³-hybridized carbons (Fsp3) is 0.667. The summed E-state index contributed by atoms with van der Waals surface area (Å²) in [4.78, 5) is 0.712. The van der Waals surface area contributed by atoms with E-state index in [-0.39, 0.29) is 12.0 Å². The van der Waals surface area contributed by atoms with Gasteiger partial charge >= 0.3 is 0 Å². The van der Waals surface area contributed by atoms with Crippen LogP contribution in [0.1, 0.15) is 37.6 Å². The van der Waals surface area contributed by atoms with Crippen molar-refractivity contribution in [1.82, 2.24) is 19.8 Å². The Morgan fingerprint density at radius 3 is 2.69 bits per heavy atom. The van der Waals surface area contributed by atoms with Crippen LogP contribution >= 0.6 is 11.3 Å². The average molecular weight is 241 g/mol. The van der Waals surface area contributed by atoms with E-state index in [1.807, 2.05) is 0 Å². The van der Waals surface area contributed by atoms with E-state index >= 15 is 0 Å². The molecule has 2 aromatic heterocycles. The molecule has 2 heterocycles. The van der Waals surface area contributed by atoms with Gasteiger partial charge in [-0.25, -0.2) is 0 Å². The zero-order chi connectivity index (χ0) is 11.9. The van der Waals surface area contributed by atoms with E-state index in [1.165, 1.54) is 11.3 Å². The lowest BCUT2D eigenvalue weighted by molar-refractivity contribution is 0.267. The molecule has 0 saturated carbocycles. The van der Waals surface area contributed by atoms with E-state index in [4.69, 9.17) is 10.8 Å². The summed E-state index contributed by atoms with van der Waals surface area (Å²) in [6.07, 6.45) is 0. The summed E-state index contributed by atoms with van der Waals surface area (Å²) < 4.78 is 1.70. The third kappa shape index (κ3) is 1.81. The summed E-state index contributed by atoms with van der Waals surface area (Å²) in [5.74, 6) is 0.801. The van der Waals surface area contributed by atoms with Crippen LogP contribution in [0.3, 0.4) is 0 Å². The smallest absolute Gasteiger partial charge is 0.234 e. The molecule has 0 saturated heterocycles. The minimum atomic E-state index is -0.445. The number of aliphatic hydroxyl groups is 1. The number of rotatable bonds is 2. The first kappa shape index (κ1) is 11.4. The van der Waals surface area contributed by atoms with Crippen LogP contribution in [0.2, 0.25) is 0 Å². The molecule has 2 rings (SSSR count). The first-order chi connectivity index (χ1) is 7.43. The zero-order valence-corrected chi connectivity index (χ0v) is 10.3. The first-order valence-corrected chi connectivity index (χ1v) is 5.84. The Morgan fingerprint density at radius 1 is 1.44 bits per heavy atom. The largest absolute Gasteiger partial charge is 0.394 e. The number of hydrogen-bond donors (Lipinski definition) is 2. The lowest BCUT2D eigenvalue weighted by Gasteiger charge is -2.13. The van der Waals surface area contributed by atoms with E-state index in [0.29, 0.717) is 9.97 Å². The van der Waals surface area contributed by atoms with Crippen molar-refractivity contribution < 1.29 is 5.11 Å². The molecule has 3 N–H and O–H groups in total. The Kier molecular flexibility index (Phi) is 2.69. The van der Waals surface area contributed by atoms with Crippen LogP contribution in [-0.2, 0) is 5.41 Å². The minimum Gasteiger partial charge on any atom is -0.394 e. The van der Waals surface area contributed by atoms with Crippen LogP contribution in [0.15, 0.2) is 0 Å². The van der Waals surface area contributed by atoms with Crippen molar-refractivity contribution in [2.24, 2.45) is 5.73 Å². The van der Waals surface area contributed by atoms with Gasteiger partial charge in [0.1, 0.15) is 5.01 Å². The summed E-state index contributed by atoms with van der Waals surface area (Å²) in [6, 6.07) is -0.445. The standard InChI is InChI=1S/C9H15N5OS/c1-9(2,3)7-11-12-8-14(7)13-6(16-8)5(10)4-15/h5,15H,4,10H2,1-3H3. The Hall–Kier alpha value is -1.05. The van der Waals surface area contributed by atoms with Crippen LogP contribution < -0.4 is 5.73 Å². The van der Waals surface area contributed by atoms with Crippen LogP contribution in [0, 0.1) is 0 Å². The molecule has 88 valence electrons. The summed E-state index contributed by atoms with van der Waals surface area (Å²) in [5, 5.41) is 22.2. The van der Waals surface area contributed by atoms with E-state index in [2.05, 4.69) is 36.1 Å². The molecule has 0 bridgehead atoms. The number of fused-ring (bicyclic) bond motifs is 1. The maximum atomic E-state index is 8.98. The predicted octanol–water partition coefficient (Wildman–Crippen LogP) is 0.475. The molecule has 0 fully saturated rings. The van der Waals surface area contributed by atoms with Crippen LogP contribution in [0.5, 0.6) is 0 Å². The first-order valence-electron chi connectivity index (χ1n) is 5.02. The van der Waals surface area contributed by atoms with Crippen molar-refractivity contribution in [2.75, 3.05) is 6.61 Å². The molecule has 0 aliphatic carbocycles. The van der Waals surface area contributed by atoms with Crippen molar-refractivity contribution in [1.29, 1.82) is 0 Å². The number of aromatic nitrogens is 4. The van der Waals surface area contributed by atoms with Gasteiger partial charge in [-0.15, -0.1) is 10.2 Å². The number of nitrogens with two attached hydrogens (primary N) is 1. The fourth-order valence-electron chi connectivity index (χ4n) is 1.33. The second-order valence-corrected chi connectivity index (χ2v) is 5.68. The molecule has 6 nitrogen and oxygen atoms in total. The third-order valence-corrected chi connectivity index (χ3v) is 3.22. The highest BCUT2D eigenvalue weighted by atomic mass is 32.1. The Labute approximate surface area is 97.1 Å². The summed E-state index contributed by atoms with van der Waals surface area (Å²) in [5.41, 5.74) is 5.60. The van der Waals surface area contributed by atoms with E-state index in [1.54, 1.807) is 4.52 Å². The van der Waals surface area contributed by atoms with Gasteiger partial charge in [-0.2, -0.15) is 9.61 Å². The summed E-state index contributed by atoms with van der Waals surface area (Å²) in [7, 11) is 0. The number of aliphatic hydroxyl groups excluding tert-OH is 1. The Morgan fingerprint density at radius 2 is 2.12 bits per heavy atom. The SMILES string of the molecule is CC(C)(C)c1nnc2sc(C(N)CO)nn12. The molecule has 1 unspecified atom stereocenters. The number of hydrogen-bond acceptors (Lipinski definition) is 6. The summed E-state index contributed by atoms with van der Waals surface area (Å²) in [6.45, 7) is 6.03. The molecule has 0 aromatic carbocycles. The van der Waals surface area contributed by atoms with Gasteiger partial charge in [0.15, 0.2) is 5.82 Å². The lowest BCUT2D eigenvalue weighted by Crippen LogP contribution is -2.18. The van der Waals surface area contributed by atoms with Crippen LogP contribution in [-0.4, -0.2) is 31.5 Å². The molecule has 0 aliphatic heterocycles. The molecule has 7 heteroatoms. The van der Waals surface area contributed by atoms with Gasteiger partial charge in [0, 0.05) is 5.41 Å². The van der Waals surface area contributed by atoms with Gasteiger partial charge in [0.25, 0.3) is 0 Å². The van der Waals surface area contributed by atoms with Gasteiger partial charge in [0.2, 0.25) is 4.96 Å². The van der Waals surface area contributed by atoms with Gasteiger partial charge in [-0.05, 0) is 0 Å². The predicted molar refractivity (Wildman–Crippen MR) is 61.4 cm³/mol. The quantitative estimate of drug-likeness (QED) is 0.798. The van der Waals surface area contributed by atoms with Crippen molar-refractivity contribution in [3.63, 3.8) is 0 Å². The lowest BCUT2D eigenvalue weighted by atomic mass is 9.96. The van der Waals surface area contributed by atoms with Gasteiger partial charge in [-0.3, -0.25) is 0 Å².